The average Bonchev–Trinajstić information content (AvgIpc) is 2.91. The minimum atomic E-state index is -1.19. The van der Waals surface area contributed by atoms with E-state index in [1.54, 1.807) is 24.3 Å². The van der Waals surface area contributed by atoms with Gasteiger partial charge in [0.1, 0.15) is 12.2 Å². The molecule has 0 aliphatic rings. The van der Waals surface area contributed by atoms with Gasteiger partial charge in [-0.2, -0.15) is 4.68 Å². The van der Waals surface area contributed by atoms with Crippen molar-refractivity contribution >= 4 is 16.9 Å². The average molecular weight is 272 g/mol. The lowest BCUT2D eigenvalue weighted by atomic mass is 10.2. The maximum absolute atomic E-state index is 12.2. The lowest BCUT2D eigenvalue weighted by Crippen LogP contribution is -2.27. The standard InChI is InChI=1S/C11H8N6O3/c18-10-7-3-1-2-4-8(7)12-15-17(10)6-16-5-9(11(19)20)13-14-16/h1-5H,6H2,(H,19,20). The lowest BCUT2D eigenvalue weighted by molar-refractivity contribution is 0.0690. The largest absolute Gasteiger partial charge is 0.476 e. The number of hydrogen-bond donors (Lipinski definition) is 1. The Kier molecular flexibility index (Phi) is 2.71. The second kappa shape index (κ2) is 4.53. The number of benzene rings is 1. The van der Waals surface area contributed by atoms with Crippen LogP contribution in [0, 0.1) is 0 Å². The molecule has 3 aromatic rings. The van der Waals surface area contributed by atoms with Crippen LogP contribution >= 0.6 is 0 Å². The summed E-state index contributed by atoms with van der Waals surface area (Å²) in [4.78, 5) is 22.9. The summed E-state index contributed by atoms with van der Waals surface area (Å²) >= 11 is 0. The molecule has 3 rings (SSSR count). The fourth-order valence-corrected chi connectivity index (χ4v) is 1.72. The first-order valence-electron chi connectivity index (χ1n) is 5.61. The highest BCUT2D eigenvalue weighted by Crippen LogP contribution is 2.03. The van der Waals surface area contributed by atoms with E-state index in [4.69, 9.17) is 5.11 Å². The number of carbonyl (C=O) groups is 1. The Morgan fingerprint density at radius 2 is 2.00 bits per heavy atom. The number of carboxylic acids is 1. The van der Waals surface area contributed by atoms with Crippen LogP contribution in [0.15, 0.2) is 35.3 Å². The van der Waals surface area contributed by atoms with Crippen molar-refractivity contribution in [3.8, 4) is 0 Å². The van der Waals surface area contributed by atoms with Gasteiger partial charge in [-0.15, -0.1) is 10.2 Å². The third-order valence-corrected chi connectivity index (χ3v) is 2.67. The van der Waals surface area contributed by atoms with Gasteiger partial charge >= 0.3 is 5.97 Å². The number of fused-ring (bicyclic) bond motifs is 1. The number of carboxylic acid groups (broad SMARTS) is 1. The molecule has 0 radical (unpaired) electrons. The van der Waals surface area contributed by atoms with E-state index >= 15 is 0 Å². The monoisotopic (exact) mass is 272 g/mol. The van der Waals surface area contributed by atoms with Crippen molar-refractivity contribution in [1.29, 1.82) is 0 Å². The fourth-order valence-electron chi connectivity index (χ4n) is 1.72. The molecule has 20 heavy (non-hydrogen) atoms. The van der Waals surface area contributed by atoms with E-state index in [2.05, 4.69) is 20.6 Å². The topological polar surface area (TPSA) is 116 Å². The Labute approximate surface area is 111 Å². The molecule has 0 aliphatic heterocycles. The van der Waals surface area contributed by atoms with Gasteiger partial charge in [0.05, 0.1) is 11.6 Å². The highest BCUT2D eigenvalue weighted by molar-refractivity contribution is 5.84. The number of aromatic carboxylic acids is 1. The normalized spacial score (nSPS) is 10.8. The minimum Gasteiger partial charge on any atom is -0.476 e. The summed E-state index contributed by atoms with van der Waals surface area (Å²) in [6, 6.07) is 6.82. The smallest absolute Gasteiger partial charge is 0.358 e. The molecule has 0 bridgehead atoms. The molecule has 0 saturated carbocycles. The van der Waals surface area contributed by atoms with Crippen molar-refractivity contribution in [2.24, 2.45) is 0 Å². The Morgan fingerprint density at radius 3 is 2.75 bits per heavy atom. The molecule has 0 aliphatic carbocycles. The molecule has 2 aromatic heterocycles. The van der Waals surface area contributed by atoms with E-state index < -0.39 is 5.97 Å². The summed E-state index contributed by atoms with van der Waals surface area (Å²) in [6.45, 7) is -0.0586. The number of rotatable bonds is 3. The fraction of sp³-hybridized carbons (Fsp3) is 0.0909. The highest BCUT2D eigenvalue weighted by atomic mass is 16.4. The molecule has 1 aromatic carbocycles. The minimum absolute atomic E-state index is 0.0586. The van der Waals surface area contributed by atoms with Crippen LogP contribution in [0.3, 0.4) is 0 Å². The van der Waals surface area contributed by atoms with Crippen LogP contribution in [0.4, 0.5) is 0 Å². The quantitative estimate of drug-likeness (QED) is 0.688. The Morgan fingerprint density at radius 1 is 1.20 bits per heavy atom. The van der Waals surface area contributed by atoms with Gasteiger partial charge in [-0.3, -0.25) is 4.79 Å². The van der Waals surface area contributed by atoms with Gasteiger partial charge in [0.25, 0.3) is 5.56 Å². The molecule has 0 amide bonds. The van der Waals surface area contributed by atoms with Gasteiger partial charge in [0.15, 0.2) is 5.69 Å². The van der Waals surface area contributed by atoms with Crippen LogP contribution in [0.2, 0.25) is 0 Å². The summed E-state index contributed by atoms with van der Waals surface area (Å²) < 4.78 is 2.29. The molecule has 9 heteroatoms. The van der Waals surface area contributed by atoms with Crippen LogP contribution in [0.1, 0.15) is 10.5 Å². The summed E-state index contributed by atoms with van der Waals surface area (Å²) in [5, 5.41) is 23.9. The first-order valence-corrected chi connectivity index (χ1v) is 5.61. The lowest BCUT2D eigenvalue weighted by Gasteiger charge is -2.03. The zero-order chi connectivity index (χ0) is 14.1. The number of nitrogens with zero attached hydrogens (tertiary/aromatic N) is 6. The molecule has 1 N–H and O–H groups in total. The van der Waals surface area contributed by atoms with Gasteiger partial charge in [-0.1, -0.05) is 22.6 Å². The van der Waals surface area contributed by atoms with E-state index in [1.807, 2.05) is 0 Å². The van der Waals surface area contributed by atoms with Gasteiger partial charge in [0.2, 0.25) is 0 Å². The molecular weight excluding hydrogens is 264 g/mol. The molecule has 100 valence electrons. The second-order valence-corrected chi connectivity index (χ2v) is 4.00. The summed E-state index contributed by atoms with van der Waals surface area (Å²) in [5.41, 5.74) is -0.0339. The Bertz CT molecular complexity index is 852. The first kappa shape index (κ1) is 12.0. The molecule has 2 heterocycles. The Balaban J connectivity index is 2.00. The first-order chi connectivity index (χ1) is 9.65. The predicted molar refractivity (Wildman–Crippen MR) is 66.2 cm³/mol. The molecular formula is C11H8N6O3. The summed E-state index contributed by atoms with van der Waals surface area (Å²) in [6.07, 6.45) is 1.21. The molecule has 0 saturated heterocycles. The zero-order valence-corrected chi connectivity index (χ0v) is 10.0. The predicted octanol–water partition coefficient (Wildman–Crippen LogP) is -0.413. The van der Waals surface area contributed by atoms with E-state index in [9.17, 15) is 9.59 Å². The molecule has 9 nitrogen and oxygen atoms in total. The van der Waals surface area contributed by atoms with Crippen molar-refractivity contribution in [3.05, 3.63) is 46.5 Å². The van der Waals surface area contributed by atoms with Crippen molar-refractivity contribution in [3.63, 3.8) is 0 Å². The van der Waals surface area contributed by atoms with E-state index in [-0.39, 0.29) is 17.9 Å². The molecule has 0 unspecified atom stereocenters. The van der Waals surface area contributed by atoms with Crippen molar-refractivity contribution in [2.45, 2.75) is 6.67 Å². The van der Waals surface area contributed by atoms with Gasteiger partial charge in [0, 0.05) is 0 Å². The van der Waals surface area contributed by atoms with Gasteiger partial charge in [-0.05, 0) is 12.1 Å². The maximum Gasteiger partial charge on any atom is 0.358 e. The summed E-state index contributed by atoms with van der Waals surface area (Å²) in [7, 11) is 0. The van der Waals surface area contributed by atoms with E-state index in [1.165, 1.54) is 10.9 Å². The second-order valence-electron chi connectivity index (χ2n) is 4.00. The van der Waals surface area contributed by atoms with Gasteiger partial charge < -0.3 is 5.11 Å². The van der Waals surface area contributed by atoms with E-state index in [0.29, 0.717) is 10.9 Å². The van der Waals surface area contributed by atoms with Crippen LogP contribution in [0.25, 0.3) is 10.9 Å². The van der Waals surface area contributed by atoms with Crippen molar-refractivity contribution < 1.29 is 9.90 Å². The third kappa shape index (κ3) is 2.00. The van der Waals surface area contributed by atoms with Crippen LogP contribution in [-0.4, -0.2) is 41.1 Å². The van der Waals surface area contributed by atoms with Crippen LogP contribution in [0.5, 0.6) is 0 Å². The van der Waals surface area contributed by atoms with E-state index in [0.717, 1.165) is 4.68 Å². The van der Waals surface area contributed by atoms with Crippen LogP contribution in [-0.2, 0) is 6.67 Å². The summed E-state index contributed by atoms with van der Waals surface area (Å²) in [5.74, 6) is -1.19. The van der Waals surface area contributed by atoms with Crippen LogP contribution < -0.4 is 5.56 Å². The SMILES string of the molecule is O=C(O)c1cn(Cn2nnc3ccccc3c2=O)nn1. The molecule has 0 atom stereocenters. The van der Waals surface area contributed by atoms with Gasteiger partial charge in [-0.25, -0.2) is 9.48 Å². The van der Waals surface area contributed by atoms with Crippen molar-refractivity contribution in [2.75, 3.05) is 0 Å². The number of hydrogen-bond acceptors (Lipinski definition) is 6. The number of aromatic nitrogens is 6. The van der Waals surface area contributed by atoms with Crippen molar-refractivity contribution in [1.82, 2.24) is 30.0 Å². The molecule has 0 fully saturated rings. The Hall–Kier alpha value is -3.10. The highest BCUT2D eigenvalue weighted by Gasteiger charge is 2.10. The third-order valence-electron chi connectivity index (χ3n) is 2.67. The maximum atomic E-state index is 12.2. The molecule has 0 spiro atoms. The zero-order valence-electron chi connectivity index (χ0n) is 10.0.